The van der Waals surface area contributed by atoms with E-state index in [1.165, 1.54) is 4.57 Å². The maximum Gasteiger partial charge on any atom is 0.329 e. The van der Waals surface area contributed by atoms with Crippen LogP contribution >= 0.6 is 11.6 Å². The Kier molecular flexibility index (Phi) is 3.92. The summed E-state index contributed by atoms with van der Waals surface area (Å²) in [4.78, 5) is 31.3. The van der Waals surface area contributed by atoms with E-state index in [-0.39, 0.29) is 23.2 Å². The van der Waals surface area contributed by atoms with Crippen LogP contribution in [0.2, 0.25) is 5.15 Å². The fraction of sp³-hybridized carbons (Fsp3) is 0.400. The van der Waals surface area contributed by atoms with Gasteiger partial charge in [0.1, 0.15) is 5.15 Å². The highest BCUT2D eigenvalue weighted by molar-refractivity contribution is 6.30. The summed E-state index contributed by atoms with van der Waals surface area (Å²) in [6.45, 7) is 0.207. The third kappa shape index (κ3) is 2.78. The highest BCUT2D eigenvalue weighted by Crippen LogP contribution is 2.34. The van der Waals surface area contributed by atoms with Crippen LogP contribution in [-0.4, -0.2) is 14.5 Å². The zero-order valence-corrected chi connectivity index (χ0v) is 12.3. The Morgan fingerprint density at radius 1 is 1.33 bits per heavy atom. The number of H-pyrrole nitrogens is 1. The monoisotopic (exact) mass is 305 g/mol. The van der Waals surface area contributed by atoms with Gasteiger partial charge in [-0.3, -0.25) is 19.3 Å². The molecule has 2 aromatic rings. The van der Waals surface area contributed by atoms with Gasteiger partial charge in [0.05, 0.1) is 12.1 Å². The van der Waals surface area contributed by atoms with E-state index in [2.05, 4.69) is 9.97 Å². The molecule has 1 N–H and O–H groups in total. The molecule has 0 spiro atoms. The van der Waals surface area contributed by atoms with Gasteiger partial charge in [0.15, 0.2) is 0 Å². The van der Waals surface area contributed by atoms with E-state index in [4.69, 9.17) is 11.6 Å². The van der Waals surface area contributed by atoms with Crippen LogP contribution < -0.4 is 11.2 Å². The molecule has 0 bridgehead atoms. The summed E-state index contributed by atoms with van der Waals surface area (Å²) < 4.78 is 1.20. The van der Waals surface area contributed by atoms with Gasteiger partial charge in [-0.15, -0.1) is 0 Å². The topological polar surface area (TPSA) is 67.8 Å². The van der Waals surface area contributed by atoms with Crippen molar-refractivity contribution in [3.63, 3.8) is 0 Å². The summed E-state index contributed by atoms with van der Waals surface area (Å²) in [5, 5.41) is 0.194. The number of hydrogen-bond acceptors (Lipinski definition) is 3. The van der Waals surface area contributed by atoms with E-state index >= 15 is 0 Å². The molecule has 3 rings (SSSR count). The highest BCUT2D eigenvalue weighted by atomic mass is 35.5. The van der Waals surface area contributed by atoms with Crippen molar-refractivity contribution in [3.8, 4) is 0 Å². The Labute approximate surface area is 126 Å². The fourth-order valence-corrected chi connectivity index (χ4v) is 3.26. The van der Waals surface area contributed by atoms with E-state index in [0.717, 1.165) is 31.2 Å². The molecule has 5 nitrogen and oxygen atoms in total. The number of pyridine rings is 1. The van der Waals surface area contributed by atoms with Gasteiger partial charge in [-0.05, 0) is 30.4 Å². The molecule has 6 heteroatoms. The van der Waals surface area contributed by atoms with Crippen molar-refractivity contribution in [2.75, 3.05) is 0 Å². The van der Waals surface area contributed by atoms with Gasteiger partial charge in [-0.25, -0.2) is 4.79 Å². The van der Waals surface area contributed by atoms with Crippen molar-refractivity contribution in [2.45, 2.75) is 38.1 Å². The van der Waals surface area contributed by atoms with E-state index in [0.29, 0.717) is 5.56 Å². The summed E-state index contributed by atoms with van der Waals surface area (Å²) in [5.74, 6) is 0.155. The summed E-state index contributed by atoms with van der Waals surface area (Å²) in [7, 11) is 0. The number of aromatic amines is 1. The van der Waals surface area contributed by atoms with Crippen LogP contribution in [0.1, 0.15) is 42.7 Å². The Hall–Kier alpha value is -1.88. The van der Waals surface area contributed by atoms with Crippen molar-refractivity contribution >= 4 is 11.6 Å². The van der Waals surface area contributed by atoms with Gasteiger partial charge < -0.3 is 0 Å². The molecule has 0 radical (unpaired) electrons. The van der Waals surface area contributed by atoms with Crippen molar-refractivity contribution in [2.24, 2.45) is 0 Å². The number of hydrogen-bond donors (Lipinski definition) is 1. The Balaban J connectivity index is 2.06. The molecule has 1 aliphatic rings. The second kappa shape index (κ2) is 5.85. The standard InChI is InChI=1S/C15H16ClN3O2/c16-13-12(11-5-1-2-6-11)14(20)19(15(21)18-13)9-10-4-3-7-17-8-10/h3-4,7-8,11H,1-2,5-6,9H2,(H,18,21). The molecule has 0 aliphatic heterocycles. The zero-order chi connectivity index (χ0) is 14.8. The van der Waals surface area contributed by atoms with Crippen molar-refractivity contribution in [3.05, 3.63) is 61.6 Å². The molecule has 1 fully saturated rings. The molecule has 0 unspecified atom stereocenters. The lowest BCUT2D eigenvalue weighted by Crippen LogP contribution is -2.38. The first-order valence-corrected chi connectivity index (χ1v) is 7.46. The molecule has 0 atom stereocenters. The summed E-state index contributed by atoms with van der Waals surface area (Å²) >= 11 is 6.11. The summed E-state index contributed by atoms with van der Waals surface area (Å²) in [6, 6.07) is 3.62. The summed E-state index contributed by atoms with van der Waals surface area (Å²) in [6.07, 6.45) is 7.41. The van der Waals surface area contributed by atoms with Crippen LogP contribution in [0.5, 0.6) is 0 Å². The van der Waals surface area contributed by atoms with Crippen LogP contribution in [-0.2, 0) is 6.54 Å². The average molecular weight is 306 g/mol. The van der Waals surface area contributed by atoms with Gasteiger partial charge in [0.25, 0.3) is 5.56 Å². The van der Waals surface area contributed by atoms with E-state index < -0.39 is 5.69 Å². The first-order chi connectivity index (χ1) is 10.2. The minimum absolute atomic E-state index is 0.155. The van der Waals surface area contributed by atoms with Crippen LogP contribution in [0.3, 0.4) is 0 Å². The first kappa shape index (κ1) is 14.1. The second-order valence-electron chi connectivity index (χ2n) is 5.39. The molecule has 2 heterocycles. The van der Waals surface area contributed by atoms with Gasteiger partial charge in [-0.2, -0.15) is 0 Å². The maximum atomic E-state index is 12.6. The molecule has 0 aromatic carbocycles. The van der Waals surface area contributed by atoms with Gasteiger partial charge in [0.2, 0.25) is 0 Å². The predicted octanol–water partition coefficient (Wildman–Crippen LogP) is 2.29. The zero-order valence-electron chi connectivity index (χ0n) is 11.5. The lowest BCUT2D eigenvalue weighted by Gasteiger charge is -2.13. The molecule has 110 valence electrons. The van der Waals surface area contributed by atoms with Gasteiger partial charge in [0, 0.05) is 12.4 Å². The maximum absolute atomic E-state index is 12.6. The van der Waals surface area contributed by atoms with E-state index in [1.54, 1.807) is 18.5 Å². The molecule has 1 aliphatic carbocycles. The Morgan fingerprint density at radius 3 is 2.76 bits per heavy atom. The number of aromatic nitrogens is 3. The largest absolute Gasteiger partial charge is 0.329 e. The van der Waals surface area contributed by atoms with Crippen molar-refractivity contribution in [1.29, 1.82) is 0 Å². The van der Waals surface area contributed by atoms with Crippen LogP contribution in [0.25, 0.3) is 0 Å². The Bertz CT molecular complexity index is 746. The minimum Gasteiger partial charge on any atom is -0.297 e. The number of nitrogens with one attached hydrogen (secondary N) is 1. The number of halogens is 1. The van der Waals surface area contributed by atoms with Crippen molar-refractivity contribution in [1.82, 2.24) is 14.5 Å². The van der Waals surface area contributed by atoms with Gasteiger partial charge >= 0.3 is 5.69 Å². The fourth-order valence-electron chi connectivity index (χ4n) is 2.95. The highest BCUT2D eigenvalue weighted by Gasteiger charge is 2.24. The molecule has 0 saturated heterocycles. The molecular weight excluding hydrogens is 290 g/mol. The van der Waals surface area contributed by atoms with Gasteiger partial charge in [-0.1, -0.05) is 30.5 Å². The smallest absolute Gasteiger partial charge is 0.297 e. The lowest BCUT2D eigenvalue weighted by atomic mass is 10.0. The van der Waals surface area contributed by atoms with Crippen LogP contribution in [0.4, 0.5) is 0 Å². The van der Waals surface area contributed by atoms with E-state index in [9.17, 15) is 9.59 Å². The van der Waals surface area contributed by atoms with E-state index in [1.807, 2.05) is 6.07 Å². The lowest BCUT2D eigenvalue weighted by molar-refractivity contribution is 0.640. The van der Waals surface area contributed by atoms with Crippen molar-refractivity contribution < 1.29 is 0 Å². The molecule has 0 amide bonds. The normalized spacial score (nSPS) is 15.5. The summed E-state index contributed by atoms with van der Waals surface area (Å²) in [5.41, 5.74) is 0.609. The average Bonchev–Trinajstić information content (AvgIpc) is 2.98. The molecule has 2 aromatic heterocycles. The minimum atomic E-state index is -0.476. The number of nitrogens with zero attached hydrogens (tertiary/aromatic N) is 2. The molecule has 1 saturated carbocycles. The molecular formula is C15H16ClN3O2. The first-order valence-electron chi connectivity index (χ1n) is 7.08. The quantitative estimate of drug-likeness (QED) is 0.885. The third-order valence-electron chi connectivity index (χ3n) is 4.00. The second-order valence-corrected chi connectivity index (χ2v) is 5.77. The van der Waals surface area contributed by atoms with Crippen LogP contribution in [0.15, 0.2) is 34.1 Å². The SMILES string of the molecule is O=c1[nH]c(Cl)c(C2CCCC2)c(=O)n1Cc1cccnc1. The Morgan fingerprint density at radius 2 is 2.10 bits per heavy atom. The molecule has 21 heavy (non-hydrogen) atoms. The predicted molar refractivity (Wildman–Crippen MR) is 80.9 cm³/mol. The van der Waals surface area contributed by atoms with Crippen LogP contribution in [0, 0.1) is 0 Å². The third-order valence-corrected chi connectivity index (χ3v) is 4.30. The number of rotatable bonds is 3.